The Morgan fingerprint density at radius 1 is 1.27 bits per heavy atom. The van der Waals surface area contributed by atoms with Gasteiger partial charge in [-0.1, -0.05) is 0 Å². The van der Waals surface area contributed by atoms with Crippen molar-refractivity contribution in [2.75, 3.05) is 18.0 Å². The minimum Gasteiger partial charge on any atom is -0.367 e. The van der Waals surface area contributed by atoms with Gasteiger partial charge in [-0.2, -0.15) is 5.10 Å². The van der Waals surface area contributed by atoms with E-state index < -0.39 is 18.3 Å². The first kappa shape index (κ1) is 25.0. The van der Waals surface area contributed by atoms with Gasteiger partial charge in [0.05, 0.1) is 36.8 Å². The molecule has 1 aliphatic heterocycles. The third kappa shape index (κ3) is 5.39. The van der Waals surface area contributed by atoms with E-state index in [4.69, 9.17) is 14.7 Å². The molecule has 190 valence electrons. The first-order valence-corrected chi connectivity index (χ1v) is 12.5. The summed E-state index contributed by atoms with van der Waals surface area (Å²) in [6.07, 6.45) is 6.97. The van der Waals surface area contributed by atoms with Crippen LogP contribution in [-0.2, 0) is 16.0 Å². The summed E-state index contributed by atoms with van der Waals surface area (Å²) in [6, 6.07) is 3.84. The molecule has 3 aromatic rings. The molecule has 0 amide bonds. The number of nitrogens with zero attached hydrogens (tertiary/aromatic N) is 6. The zero-order chi connectivity index (χ0) is 26.1. The van der Waals surface area contributed by atoms with E-state index in [1.54, 1.807) is 6.92 Å². The van der Waals surface area contributed by atoms with Crippen LogP contribution in [0.4, 0.5) is 14.7 Å². The molecule has 5 rings (SSSR count). The Morgan fingerprint density at radius 3 is 2.78 bits per heavy atom. The minimum atomic E-state index is -0.789. The Labute approximate surface area is 214 Å². The molecule has 2 atom stereocenters. The molecule has 0 radical (unpaired) electrons. The summed E-state index contributed by atoms with van der Waals surface area (Å²) in [5.74, 6) is 0.955. The lowest BCUT2D eigenvalue weighted by Gasteiger charge is -2.37. The molecule has 3 heterocycles. The zero-order valence-corrected chi connectivity index (χ0v) is 20.8. The second-order valence-electron chi connectivity index (χ2n) is 9.80. The molecule has 0 bridgehead atoms. The maximum Gasteiger partial charge on any atom is 0.340 e. The molecule has 0 spiro atoms. The number of morpholine rings is 1. The van der Waals surface area contributed by atoms with Crippen molar-refractivity contribution in [2.45, 2.75) is 57.7 Å². The number of hydrogen-bond donors (Lipinski definition) is 0. The summed E-state index contributed by atoms with van der Waals surface area (Å²) < 4.78 is 36.8. The van der Waals surface area contributed by atoms with Gasteiger partial charge in [0.1, 0.15) is 17.7 Å². The van der Waals surface area contributed by atoms with Crippen molar-refractivity contribution >= 4 is 18.8 Å². The van der Waals surface area contributed by atoms with Crippen LogP contribution in [-0.4, -0.2) is 51.8 Å². The lowest BCUT2D eigenvalue weighted by Crippen LogP contribution is -2.43. The van der Waals surface area contributed by atoms with Crippen molar-refractivity contribution in [3.8, 4) is 17.2 Å². The maximum atomic E-state index is 14.9. The van der Waals surface area contributed by atoms with Crippen LogP contribution >= 0.6 is 0 Å². The van der Waals surface area contributed by atoms with Crippen LogP contribution in [0.5, 0.6) is 0 Å². The predicted molar refractivity (Wildman–Crippen MR) is 135 cm³/mol. The van der Waals surface area contributed by atoms with E-state index in [0.29, 0.717) is 54.6 Å². The van der Waals surface area contributed by atoms with E-state index in [2.05, 4.69) is 5.10 Å². The van der Waals surface area contributed by atoms with Crippen molar-refractivity contribution in [2.24, 2.45) is 0 Å². The number of benzene rings is 1. The van der Waals surface area contributed by atoms with E-state index in [1.807, 2.05) is 34.9 Å². The zero-order valence-electron chi connectivity index (χ0n) is 20.8. The second-order valence-corrected chi connectivity index (χ2v) is 9.80. The van der Waals surface area contributed by atoms with Gasteiger partial charge in [0.2, 0.25) is 5.95 Å². The van der Waals surface area contributed by atoms with Crippen molar-refractivity contribution < 1.29 is 18.3 Å². The molecule has 11 heteroatoms. The van der Waals surface area contributed by atoms with Gasteiger partial charge >= 0.3 is 6.71 Å². The quantitative estimate of drug-likeness (QED) is 0.337. The molecule has 1 aromatic carbocycles. The summed E-state index contributed by atoms with van der Waals surface area (Å²) in [4.78, 5) is 22.7. The summed E-state index contributed by atoms with van der Waals surface area (Å²) in [5, 5.41) is 13.7. The summed E-state index contributed by atoms with van der Waals surface area (Å²) >= 11 is 0. The molecule has 1 aliphatic carbocycles. The Morgan fingerprint density at radius 2 is 2.08 bits per heavy atom. The fourth-order valence-corrected chi connectivity index (χ4v) is 4.75. The predicted octanol–water partition coefficient (Wildman–Crippen LogP) is 4.10. The molecule has 1 saturated carbocycles. The molecular weight excluding hydrogens is 477 g/mol. The highest BCUT2D eigenvalue weighted by molar-refractivity contribution is 6.90. The van der Waals surface area contributed by atoms with Crippen LogP contribution in [0.1, 0.15) is 48.7 Å². The first-order valence-electron chi connectivity index (χ1n) is 12.5. The number of anilines is 1. The summed E-state index contributed by atoms with van der Waals surface area (Å²) in [6.45, 7) is 4.02. The van der Waals surface area contributed by atoms with Gasteiger partial charge in [0.15, 0.2) is 0 Å². The smallest absolute Gasteiger partial charge is 0.340 e. The standard InChI is InChI=1S/C26H27BF2N6O2/c1-16-11-34(13-24(37-16)18-10-31-35(12-18)20-4-5-20)26-32-17(2)21(7-8-27(14-30)15-36)25(33-26)22-6-3-19(28)9-23(22)29/h3,6,9-10,12,15-16,20,24H,4-5,7-8,11,13H2,1-2H3. The van der Waals surface area contributed by atoms with E-state index >= 15 is 0 Å². The van der Waals surface area contributed by atoms with Crippen LogP contribution in [0.25, 0.3) is 11.3 Å². The number of carbonyl (C=O) groups excluding carboxylic acids is 1. The lowest BCUT2D eigenvalue weighted by molar-refractivity contribution is -0.0179. The van der Waals surface area contributed by atoms with Crippen LogP contribution < -0.4 is 4.90 Å². The minimum absolute atomic E-state index is 0.110. The van der Waals surface area contributed by atoms with Gasteiger partial charge in [-0.05, 0) is 57.1 Å². The molecular formula is C26H27BF2N6O2. The highest BCUT2D eigenvalue weighted by Crippen LogP contribution is 2.36. The number of halogens is 2. The average molecular weight is 504 g/mol. The Bertz CT molecular complexity index is 1360. The Kier molecular flexibility index (Phi) is 7.02. The van der Waals surface area contributed by atoms with Crippen molar-refractivity contribution in [3.05, 3.63) is 59.0 Å². The number of carbonyl (C=O) groups is 1. The third-order valence-corrected chi connectivity index (χ3v) is 6.88. The molecule has 2 unspecified atom stereocenters. The maximum absolute atomic E-state index is 14.9. The van der Waals surface area contributed by atoms with Crippen LogP contribution in [0.2, 0.25) is 6.32 Å². The van der Waals surface area contributed by atoms with Gasteiger partial charge < -0.3 is 14.4 Å². The van der Waals surface area contributed by atoms with Gasteiger partial charge in [-0.3, -0.25) is 4.68 Å². The largest absolute Gasteiger partial charge is 0.367 e. The van der Waals surface area contributed by atoms with Crippen molar-refractivity contribution in [3.63, 3.8) is 0 Å². The fourth-order valence-electron chi connectivity index (χ4n) is 4.75. The van der Waals surface area contributed by atoms with Gasteiger partial charge in [0, 0.05) is 41.6 Å². The van der Waals surface area contributed by atoms with E-state index in [1.165, 1.54) is 12.1 Å². The van der Waals surface area contributed by atoms with E-state index in [9.17, 15) is 18.8 Å². The SMILES string of the molecule is Cc1nc(N2CC(C)OC(c3cnn(C4CC4)c3)C2)nc(-c2ccc(F)cc2F)c1CCB(C#N)C=O. The molecule has 0 N–H and O–H groups in total. The van der Waals surface area contributed by atoms with Crippen LogP contribution in [0.15, 0.2) is 30.6 Å². The Hall–Kier alpha value is -3.65. The number of aromatic nitrogens is 4. The number of aryl methyl sites for hydroxylation is 1. The molecule has 1 saturated heterocycles. The van der Waals surface area contributed by atoms with E-state index in [0.717, 1.165) is 24.5 Å². The van der Waals surface area contributed by atoms with Crippen molar-refractivity contribution in [1.82, 2.24) is 19.7 Å². The normalized spacial score (nSPS) is 19.5. The molecule has 8 nitrogen and oxygen atoms in total. The van der Waals surface area contributed by atoms with Gasteiger partial charge in [0.25, 0.3) is 0 Å². The number of rotatable bonds is 8. The first-order chi connectivity index (χ1) is 17.9. The molecule has 37 heavy (non-hydrogen) atoms. The summed E-state index contributed by atoms with van der Waals surface area (Å²) in [5.41, 5.74) is 2.70. The number of nitriles is 1. The summed E-state index contributed by atoms with van der Waals surface area (Å²) in [7, 11) is 0. The highest BCUT2D eigenvalue weighted by Gasteiger charge is 2.32. The molecule has 2 fully saturated rings. The fraction of sp³-hybridized carbons (Fsp3) is 0.423. The van der Waals surface area contributed by atoms with Gasteiger partial charge in [-0.25, -0.2) is 24.0 Å². The van der Waals surface area contributed by atoms with Gasteiger partial charge in [-0.15, -0.1) is 0 Å². The number of hydrogen-bond acceptors (Lipinski definition) is 7. The molecule has 2 aliphatic rings. The molecule has 2 aromatic heterocycles. The van der Waals surface area contributed by atoms with Crippen LogP contribution in [0, 0.1) is 29.8 Å². The van der Waals surface area contributed by atoms with Crippen molar-refractivity contribution in [1.29, 1.82) is 5.26 Å². The monoisotopic (exact) mass is 504 g/mol. The third-order valence-electron chi connectivity index (χ3n) is 6.88. The number of ether oxygens (including phenoxy) is 1. The lowest BCUT2D eigenvalue weighted by atomic mass is 9.50. The van der Waals surface area contributed by atoms with E-state index in [-0.39, 0.29) is 24.1 Å². The highest BCUT2D eigenvalue weighted by atomic mass is 19.1. The van der Waals surface area contributed by atoms with Crippen LogP contribution in [0.3, 0.4) is 0 Å². The Balaban J connectivity index is 1.50. The topological polar surface area (TPSA) is 96.9 Å². The average Bonchev–Trinajstić information content (AvgIpc) is 3.61. The second kappa shape index (κ2) is 10.4.